The van der Waals surface area contributed by atoms with Gasteiger partial charge in [-0.2, -0.15) is 8.42 Å². The Labute approximate surface area is 137 Å². The number of hydrogen-bond donors (Lipinski definition) is 0. The van der Waals surface area contributed by atoms with E-state index < -0.39 is 15.7 Å². The Bertz CT molecular complexity index is 1040. The van der Waals surface area contributed by atoms with Crippen LogP contribution in [0.25, 0.3) is 22.1 Å². The van der Waals surface area contributed by atoms with Crippen LogP contribution in [0.15, 0.2) is 57.7 Å². The summed E-state index contributed by atoms with van der Waals surface area (Å²) in [6.07, 6.45) is 0.941. The van der Waals surface area contributed by atoms with Crippen LogP contribution in [-0.2, 0) is 10.1 Å². The second-order valence-corrected chi connectivity index (χ2v) is 6.95. The average molecular weight is 351 g/mol. The molecule has 7 heteroatoms. The normalized spacial score (nSPS) is 11.6. The van der Waals surface area contributed by atoms with E-state index in [0.29, 0.717) is 21.5 Å². The zero-order valence-corrected chi connectivity index (χ0v) is 13.5. The average Bonchev–Trinajstić information content (AvgIpc) is 2.46. The van der Waals surface area contributed by atoms with E-state index in [1.165, 1.54) is 12.1 Å². The maximum Gasteiger partial charge on any atom is 0.344 e. The molecule has 0 aliphatic rings. The molecule has 0 aliphatic carbocycles. The Morgan fingerprint density at radius 3 is 2.39 bits per heavy atom. The molecule has 2 aromatic carbocycles. The van der Waals surface area contributed by atoms with E-state index in [4.69, 9.17) is 20.2 Å². The summed E-state index contributed by atoms with van der Waals surface area (Å²) >= 11 is 5.84. The van der Waals surface area contributed by atoms with Crippen molar-refractivity contribution in [3.63, 3.8) is 0 Å². The summed E-state index contributed by atoms with van der Waals surface area (Å²) in [6.45, 7) is 0. The van der Waals surface area contributed by atoms with Gasteiger partial charge in [0.25, 0.3) is 0 Å². The van der Waals surface area contributed by atoms with Crippen LogP contribution in [0.5, 0.6) is 5.75 Å². The van der Waals surface area contributed by atoms with Crippen molar-refractivity contribution in [2.75, 3.05) is 6.26 Å². The fourth-order valence-electron chi connectivity index (χ4n) is 2.15. The lowest BCUT2D eigenvalue weighted by Crippen LogP contribution is -2.06. The first-order valence-corrected chi connectivity index (χ1v) is 8.74. The topological polar surface area (TPSA) is 73.6 Å². The predicted molar refractivity (Wildman–Crippen MR) is 88.4 cm³/mol. The lowest BCUT2D eigenvalue weighted by atomic mass is 10.1. The monoisotopic (exact) mass is 350 g/mol. The number of benzene rings is 2. The van der Waals surface area contributed by atoms with E-state index in [2.05, 4.69) is 0 Å². The Hall–Kier alpha value is -2.31. The van der Waals surface area contributed by atoms with Gasteiger partial charge < -0.3 is 8.60 Å². The summed E-state index contributed by atoms with van der Waals surface area (Å²) in [5.74, 6) is 0.0855. The van der Waals surface area contributed by atoms with E-state index in [9.17, 15) is 13.2 Å². The smallest absolute Gasteiger partial charge is 0.344 e. The van der Waals surface area contributed by atoms with Crippen molar-refractivity contribution >= 4 is 32.7 Å². The lowest BCUT2D eigenvalue weighted by Gasteiger charge is -2.05. The van der Waals surface area contributed by atoms with Gasteiger partial charge in [0.1, 0.15) is 11.3 Å². The van der Waals surface area contributed by atoms with E-state index in [-0.39, 0.29) is 11.3 Å². The Kier molecular flexibility index (Phi) is 3.87. The van der Waals surface area contributed by atoms with Gasteiger partial charge in [-0.25, -0.2) is 4.79 Å². The molecule has 3 aromatic rings. The summed E-state index contributed by atoms with van der Waals surface area (Å²) in [7, 11) is -3.64. The van der Waals surface area contributed by atoms with Crippen molar-refractivity contribution in [3.05, 3.63) is 64.0 Å². The van der Waals surface area contributed by atoms with Gasteiger partial charge in [0.15, 0.2) is 0 Å². The fraction of sp³-hybridized carbons (Fsp3) is 0.0625. The lowest BCUT2D eigenvalue weighted by molar-refractivity contribution is 0.492. The molecule has 0 amide bonds. The summed E-state index contributed by atoms with van der Waals surface area (Å²) in [5.41, 5.74) is 0.789. The highest BCUT2D eigenvalue weighted by molar-refractivity contribution is 7.86. The molecule has 0 spiro atoms. The van der Waals surface area contributed by atoms with Gasteiger partial charge in [0, 0.05) is 16.5 Å². The third-order valence-corrected chi connectivity index (χ3v) is 3.86. The molecule has 0 saturated carbocycles. The molecular weight excluding hydrogens is 340 g/mol. The molecule has 0 radical (unpaired) electrons. The summed E-state index contributed by atoms with van der Waals surface area (Å²) in [4.78, 5) is 12.2. The van der Waals surface area contributed by atoms with Crippen molar-refractivity contribution in [2.45, 2.75) is 0 Å². The molecule has 1 aromatic heterocycles. The molecule has 0 saturated heterocycles. The second kappa shape index (κ2) is 5.72. The molecule has 0 atom stereocenters. The largest absolute Gasteiger partial charge is 0.422 e. The third-order valence-electron chi connectivity index (χ3n) is 3.11. The van der Waals surface area contributed by atoms with Gasteiger partial charge in [0.2, 0.25) is 0 Å². The minimum Gasteiger partial charge on any atom is -0.422 e. The van der Waals surface area contributed by atoms with Crippen molar-refractivity contribution in [3.8, 4) is 16.9 Å². The van der Waals surface area contributed by atoms with Crippen LogP contribution in [-0.4, -0.2) is 14.7 Å². The molecule has 0 aliphatic heterocycles. The van der Waals surface area contributed by atoms with Crippen molar-refractivity contribution in [2.24, 2.45) is 0 Å². The summed E-state index contributed by atoms with van der Waals surface area (Å²) in [5, 5.41) is 1.22. The zero-order valence-electron chi connectivity index (χ0n) is 11.9. The molecule has 0 N–H and O–H groups in total. The van der Waals surface area contributed by atoms with Gasteiger partial charge in [-0.1, -0.05) is 23.7 Å². The van der Waals surface area contributed by atoms with Crippen LogP contribution in [0, 0.1) is 0 Å². The van der Waals surface area contributed by atoms with Crippen LogP contribution in [0.2, 0.25) is 5.02 Å². The third kappa shape index (κ3) is 3.55. The first kappa shape index (κ1) is 15.6. The van der Waals surface area contributed by atoms with E-state index in [1.807, 2.05) is 0 Å². The number of fused-ring (bicyclic) bond motifs is 1. The standard InChI is InChI=1S/C16H11ClO5S/c1-23(19,20)22-13-7-4-11-8-14(16(18)21-15(11)9-13)10-2-5-12(17)6-3-10/h2-9H,1H3. The van der Waals surface area contributed by atoms with Crippen molar-refractivity contribution < 1.29 is 17.0 Å². The molecular formula is C16H11ClO5S. The molecule has 0 unspecified atom stereocenters. The molecule has 1 heterocycles. The minimum absolute atomic E-state index is 0.0855. The van der Waals surface area contributed by atoms with Gasteiger partial charge in [-0.15, -0.1) is 0 Å². The highest BCUT2D eigenvalue weighted by Crippen LogP contribution is 2.25. The minimum atomic E-state index is -3.64. The zero-order chi connectivity index (χ0) is 16.6. The first-order valence-electron chi connectivity index (χ1n) is 6.55. The molecule has 3 rings (SSSR count). The van der Waals surface area contributed by atoms with E-state index in [1.54, 1.807) is 36.4 Å². The van der Waals surface area contributed by atoms with Crippen LogP contribution in [0.1, 0.15) is 0 Å². The molecule has 118 valence electrons. The van der Waals surface area contributed by atoms with Gasteiger partial charge in [-0.05, 0) is 35.9 Å². The van der Waals surface area contributed by atoms with Crippen LogP contribution in [0.3, 0.4) is 0 Å². The number of rotatable bonds is 3. The molecule has 23 heavy (non-hydrogen) atoms. The van der Waals surface area contributed by atoms with Gasteiger partial charge >= 0.3 is 15.7 Å². The van der Waals surface area contributed by atoms with E-state index >= 15 is 0 Å². The highest BCUT2D eigenvalue weighted by Gasteiger charge is 2.10. The van der Waals surface area contributed by atoms with Crippen molar-refractivity contribution in [1.82, 2.24) is 0 Å². The maximum atomic E-state index is 12.2. The second-order valence-electron chi connectivity index (χ2n) is 4.94. The van der Waals surface area contributed by atoms with E-state index in [0.717, 1.165) is 6.26 Å². The number of halogens is 1. The molecule has 0 bridgehead atoms. The van der Waals surface area contributed by atoms with Crippen LogP contribution >= 0.6 is 11.6 Å². The molecule has 5 nitrogen and oxygen atoms in total. The summed E-state index contributed by atoms with van der Waals surface area (Å²) in [6, 6.07) is 13.0. The first-order chi connectivity index (χ1) is 10.8. The van der Waals surface area contributed by atoms with Gasteiger partial charge in [-0.3, -0.25) is 0 Å². The quantitative estimate of drug-likeness (QED) is 0.534. The summed E-state index contributed by atoms with van der Waals surface area (Å²) < 4.78 is 32.3. The maximum absolute atomic E-state index is 12.2. The van der Waals surface area contributed by atoms with Gasteiger partial charge in [0.05, 0.1) is 11.8 Å². The highest BCUT2D eigenvalue weighted by atomic mass is 35.5. The van der Waals surface area contributed by atoms with Crippen molar-refractivity contribution in [1.29, 1.82) is 0 Å². The molecule has 0 fully saturated rings. The van der Waals surface area contributed by atoms with Crippen LogP contribution in [0.4, 0.5) is 0 Å². The number of hydrogen-bond acceptors (Lipinski definition) is 5. The Balaban J connectivity index is 2.10. The Morgan fingerprint density at radius 1 is 1.04 bits per heavy atom. The fourth-order valence-corrected chi connectivity index (χ4v) is 2.73. The predicted octanol–water partition coefficient (Wildman–Crippen LogP) is 3.45. The van der Waals surface area contributed by atoms with Crippen LogP contribution < -0.4 is 9.81 Å². The Morgan fingerprint density at radius 2 is 1.74 bits per heavy atom. The SMILES string of the molecule is CS(=O)(=O)Oc1ccc2cc(-c3ccc(Cl)cc3)c(=O)oc2c1.